The highest BCUT2D eigenvalue weighted by molar-refractivity contribution is 6.29. The molecule has 0 unspecified atom stereocenters. The lowest BCUT2D eigenvalue weighted by Gasteiger charge is -2.34. The van der Waals surface area contributed by atoms with E-state index in [4.69, 9.17) is 22.3 Å². The van der Waals surface area contributed by atoms with Gasteiger partial charge in [0.1, 0.15) is 34.6 Å². The minimum Gasteiger partial charge on any atom is -0.383 e. The van der Waals surface area contributed by atoms with Crippen molar-refractivity contribution in [1.82, 2.24) is 29.4 Å². The summed E-state index contributed by atoms with van der Waals surface area (Å²) in [4.78, 5) is 23.1. The van der Waals surface area contributed by atoms with Crippen molar-refractivity contribution in [1.29, 1.82) is 0 Å². The predicted octanol–water partition coefficient (Wildman–Crippen LogP) is 3.62. The second-order valence-corrected chi connectivity index (χ2v) is 9.28. The Morgan fingerprint density at radius 1 is 1.03 bits per heavy atom. The molecule has 3 aromatic rings. The van der Waals surface area contributed by atoms with Crippen LogP contribution in [0.1, 0.15) is 43.5 Å². The van der Waals surface area contributed by atoms with Gasteiger partial charge in [-0.05, 0) is 50.9 Å². The van der Waals surface area contributed by atoms with Crippen LogP contribution in [-0.4, -0.2) is 62.1 Å². The van der Waals surface area contributed by atoms with Crippen LogP contribution in [-0.2, 0) is 13.0 Å². The number of piperidine rings is 1. The molecule has 2 aliphatic rings. The molecule has 9 heteroatoms. The number of anilines is 2. The van der Waals surface area contributed by atoms with Crippen LogP contribution in [0.2, 0.25) is 5.15 Å². The van der Waals surface area contributed by atoms with Crippen LogP contribution >= 0.6 is 11.6 Å². The quantitative estimate of drug-likeness (QED) is 0.532. The first-order valence-corrected chi connectivity index (χ1v) is 12.3. The topological polar surface area (TPSA) is 89.0 Å². The Morgan fingerprint density at radius 3 is 2.55 bits per heavy atom. The van der Waals surface area contributed by atoms with E-state index in [0.717, 1.165) is 74.0 Å². The van der Waals surface area contributed by atoms with Crippen molar-refractivity contribution < 1.29 is 0 Å². The van der Waals surface area contributed by atoms with E-state index < -0.39 is 0 Å². The first-order chi connectivity index (χ1) is 16.1. The van der Waals surface area contributed by atoms with Gasteiger partial charge in [-0.15, -0.1) is 0 Å². The van der Waals surface area contributed by atoms with Gasteiger partial charge in [-0.3, -0.25) is 0 Å². The number of halogens is 1. The normalized spacial score (nSPS) is 17.3. The zero-order valence-corrected chi connectivity index (χ0v) is 19.9. The van der Waals surface area contributed by atoms with Gasteiger partial charge < -0.3 is 20.1 Å². The monoisotopic (exact) mass is 466 g/mol. The molecule has 5 heterocycles. The summed E-state index contributed by atoms with van der Waals surface area (Å²) in [5.41, 5.74) is 8.88. The smallest absolute Gasteiger partial charge is 0.137 e. The summed E-state index contributed by atoms with van der Waals surface area (Å²) in [5.74, 6) is 3.12. The first-order valence-electron chi connectivity index (χ1n) is 11.9. The molecule has 0 aromatic carbocycles. The van der Waals surface area contributed by atoms with Crippen LogP contribution in [0.15, 0.2) is 30.7 Å². The first kappa shape index (κ1) is 22.1. The molecule has 0 spiro atoms. The van der Waals surface area contributed by atoms with Gasteiger partial charge in [0.25, 0.3) is 0 Å². The van der Waals surface area contributed by atoms with E-state index in [1.807, 2.05) is 12.1 Å². The Kier molecular flexibility index (Phi) is 6.46. The van der Waals surface area contributed by atoms with Gasteiger partial charge in [0, 0.05) is 43.9 Å². The highest BCUT2D eigenvalue weighted by atomic mass is 35.5. The van der Waals surface area contributed by atoms with Crippen molar-refractivity contribution in [3.05, 3.63) is 47.3 Å². The number of rotatable bonds is 7. The Balaban J connectivity index is 1.36. The summed E-state index contributed by atoms with van der Waals surface area (Å²) in [6.07, 6.45) is 7.91. The Labute approximate surface area is 199 Å². The summed E-state index contributed by atoms with van der Waals surface area (Å²) in [6, 6.07) is 5.71. The van der Waals surface area contributed by atoms with Crippen LogP contribution < -0.4 is 10.6 Å². The highest BCUT2D eigenvalue weighted by Gasteiger charge is 2.27. The van der Waals surface area contributed by atoms with E-state index in [9.17, 15) is 0 Å². The van der Waals surface area contributed by atoms with Crippen molar-refractivity contribution in [2.75, 3.05) is 43.4 Å². The standard InChI is InChI=1S/C24H31ClN8/c1-2-18-22(26)27-16-28-24(18)32-11-7-17(8-12-32)23-30-20(19-5-3-6-21(25)29-19)15-33(23)14-13-31-9-4-10-31/h3,5-6,15-17H,2,4,7-14H2,1H3,(H2,26,27,28). The minimum atomic E-state index is 0.398. The lowest BCUT2D eigenvalue weighted by atomic mass is 9.95. The number of likely N-dealkylation sites (tertiary alicyclic amines) is 1. The Bertz CT molecular complexity index is 1100. The summed E-state index contributed by atoms with van der Waals surface area (Å²) in [6.45, 7) is 8.37. The third kappa shape index (κ3) is 4.68. The summed E-state index contributed by atoms with van der Waals surface area (Å²) in [7, 11) is 0. The van der Waals surface area contributed by atoms with Gasteiger partial charge in [0.15, 0.2) is 0 Å². The maximum atomic E-state index is 6.15. The van der Waals surface area contributed by atoms with E-state index in [1.54, 1.807) is 12.4 Å². The van der Waals surface area contributed by atoms with Crippen molar-refractivity contribution in [3.8, 4) is 11.4 Å². The maximum absolute atomic E-state index is 6.15. The average Bonchev–Trinajstić information content (AvgIpc) is 3.22. The minimum absolute atomic E-state index is 0.398. The highest BCUT2D eigenvalue weighted by Crippen LogP contribution is 2.33. The molecule has 174 valence electrons. The van der Waals surface area contributed by atoms with Gasteiger partial charge in [0.05, 0.1) is 5.69 Å². The number of aromatic nitrogens is 5. The van der Waals surface area contributed by atoms with E-state index in [2.05, 4.69) is 42.4 Å². The maximum Gasteiger partial charge on any atom is 0.137 e. The lowest BCUT2D eigenvalue weighted by Crippen LogP contribution is -2.39. The molecule has 2 saturated heterocycles. The zero-order valence-electron chi connectivity index (χ0n) is 19.1. The molecule has 2 fully saturated rings. The van der Waals surface area contributed by atoms with E-state index >= 15 is 0 Å². The molecule has 33 heavy (non-hydrogen) atoms. The summed E-state index contributed by atoms with van der Waals surface area (Å²) in [5, 5.41) is 0.494. The van der Waals surface area contributed by atoms with Gasteiger partial charge in [-0.25, -0.2) is 19.9 Å². The van der Waals surface area contributed by atoms with Crippen LogP contribution in [0.25, 0.3) is 11.4 Å². The number of imidazole rings is 1. The molecule has 0 radical (unpaired) electrons. The van der Waals surface area contributed by atoms with E-state index in [1.165, 1.54) is 19.5 Å². The second-order valence-electron chi connectivity index (χ2n) is 8.89. The third-order valence-corrected chi connectivity index (χ3v) is 7.07. The molecule has 0 atom stereocenters. The van der Waals surface area contributed by atoms with Crippen molar-refractivity contribution in [3.63, 3.8) is 0 Å². The molecule has 0 bridgehead atoms. The largest absolute Gasteiger partial charge is 0.383 e. The van der Waals surface area contributed by atoms with Crippen LogP contribution in [0.3, 0.4) is 0 Å². The van der Waals surface area contributed by atoms with Gasteiger partial charge in [-0.1, -0.05) is 24.6 Å². The summed E-state index contributed by atoms with van der Waals surface area (Å²) < 4.78 is 2.34. The van der Waals surface area contributed by atoms with Gasteiger partial charge in [0.2, 0.25) is 0 Å². The molecule has 8 nitrogen and oxygen atoms in total. The van der Waals surface area contributed by atoms with E-state index in [0.29, 0.717) is 16.9 Å². The molecule has 0 amide bonds. The fourth-order valence-electron chi connectivity index (χ4n) is 4.84. The second kappa shape index (κ2) is 9.65. The molecule has 0 saturated carbocycles. The number of hydrogen-bond donors (Lipinski definition) is 1. The SMILES string of the molecule is CCc1c(N)ncnc1N1CCC(c2nc(-c3cccc(Cl)n3)cn2CCN2CCC2)CC1. The average molecular weight is 467 g/mol. The molecule has 2 N–H and O–H groups in total. The predicted molar refractivity (Wildman–Crippen MR) is 132 cm³/mol. The fourth-order valence-corrected chi connectivity index (χ4v) is 5.01. The number of nitrogen functional groups attached to an aromatic ring is 1. The fraction of sp³-hybridized carbons (Fsp3) is 0.500. The lowest BCUT2D eigenvalue weighted by molar-refractivity contribution is 0.173. The van der Waals surface area contributed by atoms with E-state index in [-0.39, 0.29) is 0 Å². The van der Waals surface area contributed by atoms with Crippen molar-refractivity contribution in [2.45, 2.75) is 45.1 Å². The van der Waals surface area contributed by atoms with Gasteiger partial charge >= 0.3 is 0 Å². The number of nitrogens with zero attached hydrogens (tertiary/aromatic N) is 7. The van der Waals surface area contributed by atoms with Crippen LogP contribution in [0, 0.1) is 0 Å². The molecular weight excluding hydrogens is 436 g/mol. The Hall–Kier alpha value is -2.71. The third-order valence-electron chi connectivity index (χ3n) is 6.86. The number of hydrogen-bond acceptors (Lipinski definition) is 7. The van der Waals surface area contributed by atoms with Crippen molar-refractivity contribution >= 4 is 23.2 Å². The molecule has 0 aliphatic carbocycles. The zero-order chi connectivity index (χ0) is 22.8. The number of pyridine rings is 1. The molecular formula is C24H31ClN8. The Morgan fingerprint density at radius 2 is 1.85 bits per heavy atom. The molecule has 2 aliphatic heterocycles. The van der Waals surface area contributed by atoms with Crippen LogP contribution in [0.4, 0.5) is 11.6 Å². The number of nitrogens with two attached hydrogens (primary N) is 1. The molecule has 3 aromatic heterocycles. The molecule has 5 rings (SSSR count). The van der Waals surface area contributed by atoms with Crippen molar-refractivity contribution in [2.24, 2.45) is 0 Å². The van der Waals surface area contributed by atoms with Crippen LogP contribution in [0.5, 0.6) is 0 Å². The van der Waals surface area contributed by atoms with Gasteiger partial charge in [-0.2, -0.15) is 0 Å². The summed E-state index contributed by atoms with van der Waals surface area (Å²) >= 11 is 6.15.